The maximum absolute atomic E-state index is 3.99. The molecule has 0 spiro atoms. The second-order valence-corrected chi connectivity index (χ2v) is 4.83. The fraction of sp³-hybridized carbons (Fsp3) is 0.875. The third kappa shape index (κ3) is 22.9. The standard InChI is InChI=1S/2C8H17.Nd/c2*1-4-6-7-8(3)5-2;/h2*8H,3-7H2,1-2H3;/q2*-1;. The van der Waals surface area contributed by atoms with E-state index < -0.39 is 0 Å². The number of hydrogen-bond acceptors (Lipinski definition) is 0. The molecule has 0 aromatic carbocycles. The Bertz CT molecular complexity index is 98.1. The van der Waals surface area contributed by atoms with Gasteiger partial charge in [0.2, 0.25) is 0 Å². The molecule has 2 unspecified atom stereocenters. The van der Waals surface area contributed by atoms with Crippen molar-refractivity contribution in [3.8, 4) is 0 Å². The minimum absolute atomic E-state index is 0. The van der Waals surface area contributed by atoms with Crippen LogP contribution in [0.1, 0.15) is 79.1 Å². The van der Waals surface area contributed by atoms with Gasteiger partial charge in [0.05, 0.1) is 0 Å². The van der Waals surface area contributed by atoms with Crippen LogP contribution in [0.2, 0.25) is 0 Å². The Balaban J connectivity index is -0.000000218. The van der Waals surface area contributed by atoms with Crippen LogP contribution in [-0.2, 0) is 0 Å². The summed E-state index contributed by atoms with van der Waals surface area (Å²) in [4.78, 5) is 0. The van der Waals surface area contributed by atoms with E-state index in [1.807, 2.05) is 0 Å². The number of unbranched alkanes of at least 4 members (excludes halogenated alkanes) is 2. The molecular formula is C16H34Nd-2. The van der Waals surface area contributed by atoms with Gasteiger partial charge in [-0.15, -0.1) is 0 Å². The molecular weight excluding hydrogens is 336 g/mol. The summed E-state index contributed by atoms with van der Waals surface area (Å²) in [7, 11) is 0. The molecule has 0 nitrogen and oxygen atoms in total. The van der Waals surface area contributed by atoms with Gasteiger partial charge >= 0.3 is 0 Å². The van der Waals surface area contributed by atoms with Crippen LogP contribution in [0, 0.1) is 66.5 Å². The van der Waals surface area contributed by atoms with Crippen LogP contribution in [0.25, 0.3) is 0 Å². The zero-order valence-corrected chi connectivity index (χ0v) is 15.9. The Labute approximate surface area is 144 Å². The van der Waals surface area contributed by atoms with Crippen LogP contribution in [0.5, 0.6) is 0 Å². The number of rotatable bonds is 8. The second kappa shape index (κ2) is 19.7. The summed E-state index contributed by atoms with van der Waals surface area (Å²) >= 11 is 0. The van der Waals surface area contributed by atoms with Crippen LogP contribution in [-0.4, -0.2) is 0 Å². The first-order valence-electron chi connectivity index (χ1n) is 7.28. The Morgan fingerprint density at radius 1 is 0.706 bits per heavy atom. The van der Waals surface area contributed by atoms with E-state index in [2.05, 4.69) is 41.5 Å². The largest absolute Gasteiger partial charge is 0.340 e. The molecule has 1 heteroatoms. The molecule has 0 bridgehead atoms. The molecule has 0 fully saturated rings. The predicted molar refractivity (Wildman–Crippen MR) is 77.3 cm³/mol. The Morgan fingerprint density at radius 2 is 1.00 bits per heavy atom. The van der Waals surface area contributed by atoms with E-state index in [9.17, 15) is 0 Å². The summed E-state index contributed by atoms with van der Waals surface area (Å²) in [6, 6.07) is 0. The first-order chi connectivity index (χ1) is 7.62. The third-order valence-corrected chi connectivity index (χ3v) is 3.09. The smallest absolute Gasteiger partial charge is 0 e. The fourth-order valence-corrected chi connectivity index (χ4v) is 1.39. The van der Waals surface area contributed by atoms with E-state index >= 15 is 0 Å². The van der Waals surface area contributed by atoms with E-state index in [1.165, 1.54) is 51.4 Å². The Kier molecular flexibility index (Phi) is 27.1. The van der Waals surface area contributed by atoms with Gasteiger partial charge in [-0.3, -0.25) is 0 Å². The van der Waals surface area contributed by atoms with Crippen LogP contribution in [0.15, 0.2) is 0 Å². The van der Waals surface area contributed by atoms with E-state index in [0.29, 0.717) is 11.8 Å². The van der Waals surface area contributed by atoms with Crippen molar-refractivity contribution in [1.29, 1.82) is 0 Å². The monoisotopic (exact) mass is 368 g/mol. The molecule has 0 aliphatic heterocycles. The molecule has 0 N–H and O–H groups in total. The van der Waals surface area contributed by atoms with Crippen LogP contribution < -0.4 is 0 Å². The summed E-state index contributed by atoms with van der Waals surface area (Å²) in [5.41, 5.74) is 0. The van der Waals surface area contributed by atoms with Gasteiger partial charge in [-0.25, -0.2) is 0 Å². The van der Waals surface area contributed by atoms with Gasteiger partial charge in [0.15, 0.2) is 0 Å². The van der Waals surface area contributed by atoms with Crippen molar-refractivity contribution in [3.05, 3.63) is 13.8 Å². The minimum atomic E-state index is 0. The van der Waals surface area contributed by atoms with Gasteiger partial charge in [-0.05, 0) is 0 Å². The van der Waals surface area contributed by atoms with E-state index in [0.717, 1.165) is 0 Å². The quantitative estimate of drug-likeness (QED) is 0.455. The van der Waals surface area contributed by atoms with Crippen molar-refractivity contribution in [2.75, 3.05) is 0 Å². The molecule has 0 rings (SSSR count). The van der Waals surface area contributed by atoms with E-state index in [4.69, 9.17) is 0 Å². The Morgan fingerprint density at radius 3 is 1.18 bits per heavy atom. The molecule has 104 valence electrons. The molecule has 0 amide bonds. The normalized spacial score (nSPS) is 13.1. The zero-order chi connectivity index (χ0) is 12.8. The Hall–Kier alpha value is 1.35. The van der Waals surface area contributed by atoms with Crippen molar-refractivity contribution in [1.82, 2.24) is 0 Å². The zero-order valence-electron chi connectivity index (χ0n) is 12.7. The van der Waals surface area contributed by atoms with Gasteiger partial charge in [0.1, 0.15) is 0 Å². The van der Waals surface area contributed by atoms with Crippen molar-refractivity contribution in [3.63, 3.8) is 0 Å². The summed E-state index contributed by atoms with van der Waals surface area (Å²) in [5, 5.41) is 0. The van der Waals surface area contributed by atoms with Crippen LogP contribution in [0.3, 0.4) is 0 Å². The maximum atomic E-state index is 3.99. The first-order valence-corrected chi connectivity index (χ1v) is 7.28. The topological polar surface area (TPSA) is 0 Å². The second-order valence-electron chi connectivity index (χ2n) is 4.83. The average Bonchev–Trinajstić information content (AvgIpc) is 2.33. The molecule has 0 aromatic rings. The number of hydrogen-bond donors (Lipinski definition) is 0. The summed E-state index contributed by atoms with van der Waals surface area (Å²) in [5.74, 6) is 1.41. The summed E-state index contributed by atoms with van der Waals surface area (Å²) in [6.07, 6.45) is 10.4. The van der Waals surface area contributed by atoms with Crippen molar-refractivity contribution in [2.45, 2.75) is 79.1 Å². The minimum Gasteiger partial charge on any atom is -0.340 e. The fourth-order valence-electron chi connectivity index (χ4n) is 1.39. The molecule has 0 radical (unpaired) electrons. The summed E-state index contributed by atoms with van der Waals surface area (Å²) in [6.45, 7) is 16.8. The first kappa shape index (κ1) is 23.4. The molecule has 2 atom stereocenters. The summed E-state index contributed by atoms with van der Waals surface area (Å²) < 4.78 is 0. The molecule has 0 saturated carbocycles. The van der Waals surface area contributed by atoms with Crippen molar-refractivity contribution < 1.29 is 40.8 Å². The molecule has 0 aromatic heterocycles. The van der Waals surface area contributed by atoms with Crippen molar-refractivity contribution >= 4 is 0 Å². The van der Waals surface area contributed by atoms with E-state index in [1.54, 1.807) is 0 Å². The van der Waals surface area contributed by atoms with E-state index in [-0.39, 0.29) is 40.8 Å². The average molecular weight is 371 g/mol. The van der Waals surface area contributed by atoms with Gasteiger partial charge in [-0.2, -0.15) is 11.8 Å². The van der Waals surface area contributed by atoms with Crippen molar-refractivity contribution in [2.24, 2.45) is 11.8 Å². The maximum Gasteiger partial charge on any atom is 0 e. The SMILES string of the molecule is [CH2-]C(CC)CCCC.[CH2-]C(CC)CCCC.[Nd]. The molecule has 0 aliphatic rings. The van der Waals surface area contributed by atoms with Crippen LogP contribution >= 0.6 is 0 Å². The van der Waals surface area contributed by atoms with Gasteiger partial charge in [0.25, 0.3) is 0 Å². The predicted octanol–water partition coefficient (Wildman–Crippen LogP) is 6.07. The molecule has 0 aliphatic carbocycles. The van der Waals surface area contributed by atoms with Gasteiger partial charge in [0, 0.05) is 40.8 Å². The van der Waals surface area contributed by atoms with Gasteiger partial charge in [-0.1, -0.05) is 79.1 Å². The molecule has 0 saturated heterocycles. The van der Waals surface area contributed by atoms with Crippen LogP contribution in [0.4, 0.5) is 0 Å². The molecule has 0 heterocycles. The third-order valence-electron chi connectivity index (χ3n) is 3.09. The van der Waals surface area contributed by atoms with Gasteiger partial charge < -0.3 is 13.8 Å². The molecule has 17 heavy (non-hydrogen) atoms.